The summed E-state index contributed by atoms with van der Waals surface area (Å²) in [4.78, 5) is 30.3. The van der Waals surface area contributed by atoms with Crippen LogP contribution in [0.2, 0.25) is 0 Å². The second-order valence-corrected chi connectivity index (χ2v) is 22.4. The van der Waals surface area contributed by atoms with Gasteiger partial charge in [-0.15, -0.1) is 0 Å². The van der Waals surface area contributed by atoms with Gasteiger partial charge in [-0.2, -0.15) is 0 Å². The van der Waals surface area contributed by atoms with Crippen LogP contribution in [0.15, 0.2) is 121 Å². The number of nitrogens with zero attached hydrogens (tertiary/aromatic N) is 8. The molecule has 0 atom stereocenters. The minimum absolute atomic E-state index is 0.116. The second kappa shape index (κ2) is 15.9. The van der Waals surface area contributed by atoms with Gasteiger partial charge in [-0.1, -0.05) is 123 Å². The van der Waals surface area contributed by atoms with Crippen molar-refractivity contribution in [3.05, 3.63) is 155 Å². The van der Waals surface area contributed by atoms with E-state index >= 15 is 0 Å². The molecule has 64 heavy (non-hydrogen) atoms. The number of anilines is 8. The Labute approximate surface area is 383 Å². The fourth-order valence-corrected chi connectivity index (χ4v) is 8.49. The maximum Gasteiger partial charge on any atom is 0.166 e. The van der Waals surface area contributed by atoms with E-state index in [0.29, 0.717) is 11.8 Å². The summed E-state index contributed by atoms with van der Waals surface area (Å²) in [6.07, 6.45) is 8.17. The van der Waals surface area contributed by atoms with Crippen LogP contribution in [-0.4, -0.2) is 19.9 Å². The van der Waals surface area contributed by atoms with E-state index in [1.54, 1.807) is 0 Å². The summed E-state index contributed by atoms with van der Waals surface area (Å²) in [5, 5.41) is 0. The molecule has 8 nitrogen and oxygen atoms in total. The van der Waals surface area contributed by atoms with Crippen LogP contribution in [0.4, 0.5) is 45.5 Å². The fraction of sp³-hybridized carbons (Fsp3) is 0.393. The maximum absolute atomic E-state index is 5.17. The molecule has 6 aromatic rings. The average Bonchev–Trinajstić information content (AvgIpc) is 3.75. The number of rotatable bonds is 6. The zero-order chi connectivity index (χ0) is 46.3. The number of pyridine rings is 4. The first-order chi connectivity index (χ1) is 29.9. The van der Waals surface area contributed by atoms with E-state index < -0.39 is 0 Å². The number of hydrogen-bond donors (Lipinski definition) is 0. The molecule has 332 valence electrons. The van der Waals surface area contributed by atoms with Crippen LogP contribution in [0.5, 0.6) is 0 Å². The van der Waals surface area contributed by atoms with E-state index in [1.165, 1.54) is 11.1 Å². The third kappa shape index (κ3) is 8.16. The topological polar surface area (TPSA) is 64.5 Å². The van der Waals surface area contributed by atoms with Gasteiger partial charge in [0.25, 0.3) is 0 Å². The molecule has 0 saturated heterocycles. The van der Waals surface area contributed by atoms with E-state index in [0.717, 1.165) is 79.9 Å². The lowest BCUT2D eigenvalue weighted by atomic mass is 9.91. The Morgan fingerprint density at radius 1 is 0.328 bits per heavy atom. The second-order valence-electron chi connectivity index (χ2n) is 22.4. The molecule has 0 spiro atoms. The Balaban J connectivity index is 1.54. The van der Waals surface area contributed by atoms with Crippen molar-refractivity contribution < 1.29 is 0 Å². The van der Waals surface area contributed by atoms with Crippen molar-refractivity contribution in [2.75, 3.05) is 19.6 Å². The highest BCUT2D eigenvalue weighted by Crippen LogP contribution is 2.58. The van der Waals surface area contributed by atoms with Crippen molar-refractivity contribution in [2.45, 2.75) is 144 Å². The largest absolute Gasteiger partial charge is 0.289 e. The molecule has 2 aliphatic heterocycles. The van der Waals surface area contributed by atoms with Gasteiger partial charge in [-0.25, -0.2) is 0 Å². The molecular weight excluding hydrogens is 785 g/mol. The van der Waals surface area contributed by atoms with E-state index in [2.05, 4.69) is 215 Å². The van der Waals surface area contributed by atoms with Crippen LogP contribution in [0, 0.1) is 0 Å². The Morgan fingerprint density at radius 3 is 0.781 bits per heavy atom. The predicted octanol–water partition coefficient (Wildman–Crippen LogP) is 15.1. The number of fused-ring (bicyclic) bond motifs is 2. The first-order valence-corrected chi connectivity index (χ1v) is 23.0. The maximum atomic E-state index is 5.17. The van der Waals surface area contributed by atoms with Crippen molar-refractivity contribution in [1.82, 2.24) is 19.9 Å². The molecule has 0 N–H and O–H groups in total. The summed E-state index contributed by atoms with van der Waals surface area (Å²) in [5.41, 5.74) is 14.3. The lowest BCUT2D eigenvalue weighted by Gasteiger charge is -2.34. The summed E-state index contributed by atoms with van der Waals surface area (Å²) in [7, 11) is 0. The fourth-order valence-electron chi connectivity index (χ4n) is 8.49. The lowest BCUT2D eigenvalue weighted by molar-refractivity contribution is 0.568. The molecule has 0 saturated carbocycles. The number of benzene rings is 2. The van der Waals surface area contributed by atoms with Crippen LogP contribution in [0.25, 0.3) is 0 Å². The SMILES string of the molecule is CC(C)c1ccc2c(c1)N(c1ccc(C(C)(C)C)nc1)/C(=C1\N(c3ccc(C(C)(C)C)nc3)c3ccc(C(C)C)cc3N1c1ccc(C(C)(C)C)nc1)N2c1ccc(C(C)(C)C)nc1. The van der Waals surface area contributed by atoms with Gasteiger partial charge in [0, 0.05) is 44.4 Å². The van der Waals surface area contributed by atoms with Gasteiger partial charge in [-0.05, 0) is 95.8 Å². The molecule has 8 heteroatoms. The van der Waals surface area contributed by atoms with Gasteiger partial charge in [0.1, 0.15) is 0 Å². The van der Waals surface area contributed by atoms with Crippen molar-refractivity contribution in [1.29, 1.82) is 0 Å². The summed E-state index contributed by atoms with van der Waals surface area (Å²) >= 11 is 0. The summed E-state index contributed by atoms with van der Waals surface area (Å²) in [6.45, 7) is 35.6. The van der Waals surface area contributed by atoms with E-state index in [1.807, 2.05) is 24.8 Å². The molecule has 4 aromatic heterocycles. The number of aromatic nitrogens is 4. The Kier molecular flexibility index (Phi) is 11.1. The minimum atomic E-state index is -0.118. The summed E-state index contributed by atoms with van der Waals surface area (Å²) in [5.74, 6) is 2.50. The molecule has 2 aromatic carbocycles. The molecule has 0 bridgehead atoms. The molecule has 6 heterocycles. The van der Waals surface area contributed by atoms with Gasteiger partial charge in [-0.3, -0.25) is 39.5 Å². The van der Waals surface area contributed by atoms with Crippen molar-refractivity contribution in [2.24, 2.45) is 0 Å². The molecular formula is C56H68N8. The quantitative estimate of drug-likeness (QED) is 0.164. The Hall–Kier alpha value is -6.02. The van der Waals surface area contributed by atoms with Gasteiger partial charge < -0.3 is 0 Å². The normalized spacial score (nSPS) is 15.8. The average molecular weight is 853 g/mol. The standard InChI is InChI=1S/C56H68N8/c1-35(2)37-17-23-43-45(29-37)63(41-21-27-49(59-33-41)55(11,12)13)51(61(43)39-19-25-47(57-31-39)53(5,6)7)52-62(40-20-26-48(58-32-40)54(8,9)10)44-24-18-38(36(3)4)30-46(44)64(52)42-22-28-50(60-34-42)56(14,15)16/h17-36H,1-16H3/b52-51+. The van der Waals surface area contributed by atoms with Crippen molar-refractivity contribution in [3.8, 4) is 0 Å². The lowest BCUT2D eigenvalue weighted by Crippen LogP contribution is -2.34. The van der Waals surface area contributed by atoms with Crippen molar-refractivity contribution >= 4 is 45.5 Å². The van der Waals surface area contributed by atoms with Crippen LogP contribution < -0.4 is 19.6 Å². The van der Waals surface area contributed by atoms with Gasteiger partial charge in [0.2, 0.25) is 0 Å². The van der Waals surface area contributed by atoms with Gasteiger partial charge in [0.15, 0.2) is 11.6 Å². The zero-order valence-electron chi connectivity index (χ0n) is 41.1. The molecule has 2 aliphatic rings. The van der Waals surface area contributed by atoms with Crippen LogP contribution in [-0.2, 0) is 21.7 Å². The molecule has 8 rings (SSSR count). The van der Waals surface area contributed by atoms with Crippen molar-refractivity contribution in [3.63, 3.8) is 0 Å². The summed E-state index contributed by atoms with van der Waals surface area (Å²) < 4.78 is 0. The zero-order valence-corrected chi connectivity index (χ0v) is 41.1. The first kappa shape index (κ1) is 44.6. The monoisotopic (exact) mass is 853 g/mol. The Bertz CT molecular complexity index is 2490. The van der Waals surface area contributed by atoms with E-state index in [9.17, 15) is 0 Å². The summed E-state index contributed by atoms with van der Waals surface area (Å²) in [6, 6.07) is 31.5. The van der Waals surface area contributed by atoms with E-state index in [4.69, 9.17) is 19.9 Å². The highest BCUT2D eigenvalue weighted by molar-refractivity contribution is 6.00. The Morgan fingerprint density at radius 2 is 0.578 bits per heavy atom. The predicted molar refractivity (Wildman–Crippen MR) is 268 cm³/mol. The molecule has 0 amide bonds. The van der Waals surface area contributed by atoms with Crippen LogP contribution in [0.3, 0.4) is 0 Å². The van der Waals surface area contributed by atoms with Crippen LogP contribution >= 0.6 is 0 Å². The highest BCUT2D eigenvalue weighted by atomic mass is 15.5. The highest BCUT2D eigenvalue weighted by Gasteiger charge is 2.45. The molecule has 0 radical (unpaired) electrons. The van der Waals surface area contributed by atoms with E-state index in [-0.39, 0.29) is 21.7 Å². The molecule has 0 unspecified atom stereocenters. The molecule has 0 aliphatic carbocycles. The molecule has 0 fully saturated rings. The number of hydrogen-bond acceptors (Lipinski definition) is 8. The van der Waals surface area contributed by atoms with Gasteiger partial charge in [0.05, 0.1) is 70.3 Å². The van der Waals surface area contributed by atoms with Crippen LogP contribution in [0.1, 0.15) is 157 Å². The smallest absolute Gasteiger partial charge is 0.166 e. The third-order valence-electron chi connectivity index (χ3n) is 12.4. The van der Waals surface area contributed by atoms with Gasteiger partial charge >= 0.3 is 0 Å². The minimum Gasteiger partial charge on any atom is -0.289 e. The third-order valence-corrected chi connectivity index (χ3v) is 12.4. The first-order valence-electron chi connectivity index (χ1n) is 23.0.